The molecular weight excluding hydrogens is 272 g/mol. The van der Waals surface area contributed by atoms with Crippen LogP contribution in [0.3, 0.4) is 0 Å². The van der Waals surface area contributed by atoms with Crippen molar-refractivity contribution in [1.29, 1.82) is 0 Å². The molecule has 2 aromatic heterocycles. The first-order chi connectivity index (χ1) is 9.00. The molecule has 3 unspecified atom stereocenters. The van der Waals surface area contributed by atoms with Crippen molar-refractivity contribution in [1.82, 2.24) is 4.90 Å². The first-order valence-corrected chi connectivity index (χ1v) is 8.27. The number of thiophene rings is 2. The van der Waals surface area contributed by atoms with Gasteiger partial charge in [0.25, 0.3) is 0 Å². The summed E-state index contributed by atoms with van der Waals surface area (Å²) in [6.45, 7) is 6.49. The van der Waals surface area contributed by atoms with Gasteiger partial charge in [0.15, 0.2) is 0 Å². The fourth-order valence-electron chi connectivity index (χ4n) is 2.41. The van der Waals surface area contributed by atoms with Crippen LogP contribution in [0.15, 0.2) is 29.6 Å². The Hall–Kier alpha value is -0.680. The zero-order valence-electron chi connectivity index (χ0n) is 12.0. The first-order valence-electron chi connectivity index (χ1n) is 6.58. The molecule has 0 aliphatic rings. The molecule has 2 N–H and O–H groups in total. The standard InChI is InChI=1S/C15H22N2S2/c1-10-7-8-14(19-10)15(11(2)16)17(4)12(3)13-6-5-9-18-13/h5-9,11-12,15H,16H2,1-4H3. The molecule has 2 rings (SSSR count). The molecular formula is C15H22N2S2. The molecule has 0 radical (unpaired) electrons. The molecule has 3 atom stereocenters. The predicted molar refractivity (Wildman–Crippen MR) is 85.9 cm³/mol. The van der Waals surface area contributed by atoms with Crippen molar-refractivity contribution in [3.8, 4) is 0 Å². The Kier molecular flexibility index (Phi) is 4.79. The molecule has 0 bridgehead atoms. The van der Waals surface area contributed by atoms with Gasteiger partial charge in [0.05, 0.1) is 6.04 Å². The van der Waals surface area contributed by atoms with E-state index in [1.807, 2.05) is 22.7 Å². The highest BCUT2D eigenvalue weighted by atomic mass is 32.1. The minimum Gasteiger partial charge on any atom is -0.326 e. The van der Waals surface area contributed by atoms with E-state index in [0.29, 0.717) is 6.04 Å². The Morgan fingerprint density at radius 2 is 1.89 bits per heavy atom. The summed E-state index contributed by atoms with van der Waals surface area (Å²) < 4.78 is 0. The van der Waals surface area contributed by atoms with Crippen molar-refractivity contribution in [2.45, 2.75) is 38.9 Å². The molecule has 0 aromatic carbocycles. The first kappa shape index (κ1) is 14.7. The Morgan fingerprint density at radius 3 is 2.37 bits per heavy atom. The molecule has 2 aromatic rings. The van der Waals surface area contributed by atoms with Crippen LogP contribution in [0.1, 0.15) is 40.6 Å². The Morgan fingerprint density at radius 1 is 1.16 bits per heavy atom. The summed E-state index contributed by atoms with van der Waals surface area (Å²) in [6, 6.07) is 9.48. The number of hydrogen-bond donors (Lipinski definition) is 1. The third-order valence-electron chi connectivity index (χ3n) is 3.56. The summed E-state index contributed by atoms with van der Waals surface area (Å²) in [4.78, 5) is 6.49. The van der Waals surface area contributed by atoms with Crippen molar-refractivity contribution >= 4 is 22.7 Å². The van der Waals surface area contributed by atoms with Crippen molar-refractivity contribution in [2.24, 2.45) is 5.73 Å². The molecule has 104 valence electrons. The molecule has 0 aliphatic carbocycles. The number of nitrogens with zero attached hydrogens (tertiary/aromatic N) is 1. The van der Waals surface area contributed by atoms with Crippen LogP contribution >= 0.6 is 22.7 Å². The number of rotatable bonds is 5. The van der Waals surface area contributed by atoms with Gasteiger partial charge in [-0.25, -0.2) is 0 Å². The van der Waals surface area contributed by atoms with E-state index >= 15 is 0 Å². The quantitative estimate of drug-likeness (QED) is 0.895. The van der Waals surface area contributed by atoms with Gasteiger partial charge in [-0.2, -0.15) is 0 Å². The third-order valence-corrected chi connectivity index (χ3v) is 5.67. The van der Waals surface area contributed by atoms with Crippen LogP contribution in [0.25, 0.3) is 0 Å². The van der Waals surface area contributed by atoms with E-state index in [1.165, 1.54) is 14.6 Å². The Balaban J connectivity index is 2.24. The maximum Gasteiger partial charge on any atom is 0.0593 e. The van der Waals surface area contributed by atoms with E-state index in [-0.39, 0.29) is 12.1 Å². The summed E-state index contributed by atoms with van der Waals surface area (Å²) >= 11 is 3.66. The summed E-state index contributed by atoms with van der Waals surface area (Å²) in [5, 5.41) is 2.13. The lowest BCUT2D eigenvalue weighted by Crippen LogP contribution is -2.38. The lowest BCUT2D eigenvalue weighted by Gasteiger charge is -2.34. The van der Waals surface area contributed by atoms with Crippen LogP contribution in [0.4, 0.5) is 0 Å². The molecule has 0 aliphatic heterocycles. The smallest absolute Gasteiger partial charge is 0.0593 e. The van der Waals surface area contributed by atoms with Gasteiger partial charge in [0.1, 0.15) is 0 Å². The molecule has 2 heterocycles. The monoisotopic (exact) mass is 294 g/mol. The SMILES string of the molecule is Cc1ccc(C(C(C)N)N(C)C(C)c2cccs2)s1. The van der Waals surface area contributed by atoms with Gasteiger partial charge in [-0.3, -0.25) is 4.90 Å². The topological polar surface area (TPSA) is 29.3 Å². The number of nitrogens with two attached hydrogens (primary N) is 1. The fraction of sp³-hybridized carbons (Fsp3) is 0.467. The minimum atomic E-state index is 0.116. The van der Waals surface area contributed by atoms with Crippen molar-refractivity contribution < 1.29 is 0 Å². The molecule has 19 heavy (non-hydrogen) atoms. The lowest BCUT2D eigenvalue weighted by molar-refractivity contribution is 0.171. The van der Waals surface area contributed by atoms with Gasteiger partial charge in [0.2, 0.25) is 0 Å². The number of hydrogen-bond acceptors (Lipinski definition) is 4. The summed E-state index contributed by atoms with van der Waals surface area (Å²) in [6.07, 6.45) is 0. The van der Waals surface area contributed by atoms with E-state index in [2.05, 4.69) is 62.4 Å². The normalized spacial score (nSPS) is 16.5. The van der Waals surface area contributed by atoms with Crippen LogP contribution < -0.4 is 5.73 Å². The summed E-state index contributed by atoms with van der Waals surface area (Å²) in [7, 11) is 2.17. The van der Waals surface area contributed by atoms with Gasteiger partial charge >= 0.3 is 0 Å². The van der Waals surface area contributed by atoms with Gasteiger partial charge < -0.3 is 5.73 Å². The fourth-order valence-corrected chi connectivity index (χ4v) is 4.39. The van der Waals surface area contributed by atoms with E-state index in [4.69, 9.17) is 5.73 Å². The highest BCUT2D eigenvalue weighted by Gasteiger charge is 2.27. The molecule has 0 saturated carbocycles. The maximum atomic E-state index is 6.24. The zero-order chi connectivity index (χ0) is 14.0. The molecule has 2 nitrogen and oxygen atoms in total. The maximum absolute atomic E-state index is 6.24. The third kappa shape index (κ3) is 3.26. The van der Waals surface area contributed by atoms with Crippen molar-refractivity contribution in [3.63, 3.8) is 0 Å². The van der Waals surface area contributed by atoms with E-state index < -0.39 is 0 Å². The largest absolute Gasteiger partial charge is 0.326 e. The molecule has 0 spiro atoms. The highest BCUT2D eigenvalue weighted by Crippen LogP contribution is 2.35. The second kappa shape index (κ2) is 6.18. The lowest BCUT2D eigenvalue weighted by atomic mass is 10.1. The van der Waals surface area contributed by atoms with Crippen LogP contribution in [-0.4, -0.2) is 18.0 Å². The Labute approximate surface area is 123 Å². The zero-order valence-corrected chi connectivity index (χ0v) is 13.6. The van der Waals surface area contributed by atoms with E-state index in [0.717, 1.165) is 0 Å². The molecule has 0 amide bonds. The van der Waals surface area contributed by atoms with Crippen LogP contribution in [0, 0.1) is 6.92 Å². The second-order valence-electron chi connectivity index (χ2n) is 5.11. The van der Waals surface area contributed by atoms with E-state index in [9.17, 15) is 0 Å². The molecule has 0 saturated heterocycles. The average molecular weight is 294 g/mol. The summed E-state index contributed by atoms with van der Waals surface area (Å²) in [5.74, 6) is 0. The second-order valence-corrected chi connectivity index (χ2v) is 7.41. The summed E-state index contributed by atoms with van der Waals surface area (Å²) in [5.41, 5.74) is 6.24. The van der Waals surface area contributed by atoms with Crippen LogP contribution in [0.5, 0.6) is 0 Å². The van der Waals surface area contributed by atoms with Crippen LogP contribution in [-0.2, 0) is 0 Å². The van der Waals surface area contributed by atoms with Crippen molar-refractivity contribution in [3.05, 3.63) is 44.3 Å². The highest BCUT2D eigenvalue weighted by molar-refractivity contribution is 7.12. The number of aryl methyl sites for hydroxylation is 1. The Bertz CT molecular complexity index is 502. The van der Waals surface area contributed by atoms with Gasteiger partial charge in [-0.1, -0.05) is 6.07 Å². The van der Waals surface area contributed by atoms with E-state index in [1.54, 1.807) is 0 Å². The predicted octanol–water partition coefficient (Wildman–Crippen LogP) is 4.20. The average Bonchev–Trinajstić information content (AvgIpc) is 2.99. The van der Waals surface area contributed by atoms with Crippen LogP contribution in [0.2, 0.25) is 0 Å². The minimum absolute atomic E-state index is 0.116. The van der Waals surface area contributed by atoms with Gasteiger partial charge in [-0.15, -0.1) is 22.7 Å². The van der Waals surface area contributed by atoms with Gasteiger partial charge in [0, 0.05) is 26.7 Å². The van der Waals surface area contributed by atoms with Gasteiger partial charge in [-0.05, 0) is 51.4 Å². The molecule has 4 heteroatoms. The number of likely N-dealkylation sites (N-methyl/N-ethyl adjacent to an activating group) is 1. The van der Waals surface area contributed by atoms with Crippen molar-refractivity contribution in [2.75, 3.05) is 7.05 Å². The molecule has 0 fully saturated rings.